The van der Waals surface area contributed by atoms with E-state index in [1.165, 1.54) is 12.1 Å². The lowest BCUT2D eigenvalue weighted by molar-refractivity contribution is -0.0498. The van der Waals surface area contributed by atoms with E-state index in [4.69, 9.17) is 12.2 Å². The minimum absolute atomic E-state index is 0.0720. The molecule has 0 radical (unpaired) electrons. The molecule has 0 aliphatic heterocycles. The van der Waals surface area contributed by atoms with Crippen molar-refractivity contribution in [3.05, 3.63) is 58.4 Å². The van der Waals surface area contributed by atoms with Crippen molar-refractivity contribution in [1.29, 1.82) is 0 Å². The number of aromatic amines is 1. The molecule has 4 nitrogen and oxygen atoms in total. The normalized spacial score (nSPS) is 12.0. The molecule has 0 saturated carbocycles. The number of pyridine rings is 1. The topological polar surface area (TPSA) is 54.1 Å². The van der Waals surface area contributed by atoms with Crippen LogP contribution in [-0.2, 0) is 0 Å². The lowest BCUT2D eigenvalue weighted by Gasteiger charge is -2.15. The van der Waals surface area contributed by atoms with Crippen LogP contribution in [0, 0.1) is 4.64 Å². The van der Waals surface area contributed by atoms with E-state index in [1.807, 2.05) is 0 Å². The second-order valence-corrected chi connectivity index (χ2v) is 4.96. The first-order valence-electron chi connectivity index (χ1n) is 6.50. The molecule has 0 spiro atoms. The summed E-state index contributed by atoms with van der Waals surface area (Å²) in [4.78, 5) is 14.9. The van der Waals surface area contributed by atoms with Crippen molar-refractivity contribution in [3.8, 4) is 5.75 Å². The van der Waals surface area contributed by atoms with E-state index < -0.39 is 6.61 Å². The maximum absolute atomic E-state index is 12.1. The molecule has 2 N–H and O–H groups in total. The van der Waals surface area contributed by atoms with Gasteiger partial charge in [-0.2, -0.15) is 8.78 Å². The monoisotopic (exact) mass is 324 g/mol. The molecular formula is C15H14F2N2O2S. The van der Waals surface area contributed by atoms with Crippen molar-refractivity contribution in [3.63, 3.8) is 0 Å². The summed E-state index contributed by atoms with van der Waals surface area (Å²) in [6.45, 7) is -1.07. The maximum Gasteiger partial charge on any atom is 0.387 e. The molecule has 1 atom stereocenters. The van der Waals surface area contributed by atoms with Crippen LogP contribution in [0.15, 0.2) is 42.6 Å². The van der Waals surface area contributed by atoms with Crippen LogP contribution < -0.4 is 10.1 Å². The van der Waals surface area contributed by atoms with Crippen LogP contribution in [0.2, 0.25) is 0 Å². The molecule has 2 rings (SSSR count). The van der Waals surface area contributed by atoms with Gasteiger partial charge in [0.2, 0.25) is 0 Å². The summed E-state index contributed by atoms with van der Waals surface area (Å²) in [5, 5.41) is 2.80. The number of carbonyl (C=O) groups is 1. The molecule has 1 unspecified atom stereocenters. The van der Waals surface area contributed by atoms with Crippen LogP contribution >= 0.6 is 12.2 Å². The van der Waals surface area contributed by atoms with Crippen LogP contribution in [0.1, 0.15) is 28.9 Å². The van der Waals surface area contributed by atoms with E-state index >= 15 is 0 Å². The number of amides is 1. The molecule has 1 heterocycles. The standard InChI is InChI=1S/C15H14F2N2O2S/c1-9(10-4-6-11(7-5-10)21-15(16)17)19-13(20)12-3-2-8-18-14(12)22/h2-9,15H,1H3,(H,18,22)(H,19,20). The van der Waals surface area contributed by atoms with Gasteiger partial charge in [-0.1, -0.05) is 24.4 Å². The second kappa shape index (κ2) is 7.13. The summed E-state index contributed by atoms with van der Waals surface area (Å²) in [5.74, 6) is -0.231. The predicted molar refractivity (Wildman–Crippen MR) is 80.6 cm³/mol. The van der Waals surface area contributed by atoms with Gasteiger partial charge >= 0.3 is 6.61 Å². The van der Waals surface area contributed by atoms with Gasteiger partial charge in [0.15, 0.2) is 0 Å². The maximum atomic E-state index is 12.1. The zero-order chi connectivity index (χ0) is 16.1. The molecule has 1 amide bonds. The van der Waals surface area contributed by atoms with E-state index in [0.29, 0.717) is 10.2 Å². The molecular weight excluding hydrogens is 310 g/mol. The molecule has 116 valence electrons. The van der Waals surface area contributed by atoms with Gasteiger partial charge in [-0.25, -0.2) is 0 Å². The number of H-pyrrole nitrogens is 1. The first-order valence-corrected chi connectivity index (χ1v) is 6.91. The molecule has 7 heteroatoms. The fourth-order valence-electron chi connectivity index (χ4n) is 1.90. The van der Waals surface area contributed by atoms with E-state index in [-0.39, 0.29) is 17.7 Å². The van der Waals surface area contributed by atoms with Gasteiger partial charge in [-0.3, -0.25) is 4.79 Å². The van der Waals surface area contributed by atoms with Crippen molar-refractivity contribution >= 4 is 18.1 Å². The SMILES string of the molecule is CC(NC(=O)c1ccc[nH]c1=S)c1ccc(OC(F)F)cc1. The van der Waals surface area contributed by atoms with Crippen molar-refractivity contribution < 1.29 is 18.3 Å². The average Bonchev–Trinajstić information content (AvgIpc) is 2.47. The number of nitrogens with one attached hydrogen (secondary N) is 2. The Hall–Kier alpha value is -2.28. The smallest absolute Gasteiger partial charge is 0.387 e. The summed E-state index contributed by atoms with van der Waals surface area (Å²) in [6.07, 6.45) is 1.64. The fraction of sp³-hybridized carbons (Fsp3) is 0.200. The molecule has 1 aromatic heterocycles. The van der Waals surface area contributed by atoms with Crippen LogP contribution in [0.5, 0.6) is 5.75 Å². The molecule has 0 bridgehead atoms. The molecule has 2 aromatic rings. The minimum atomic E-state index is -2.86. The second-order valence-electron chi connectivity index (χ2n) is 4.56. The number of hydrogen-bond acceptors (Lipinski definition) is 3. The Morgan fingerprint density at radius 2 is 1.95 bits per heavy atom. The molecule has 0 aliphatic carbocycles. The quantitative estimate of drug-likeness (QED) is 0.822. The van der Waals surface area contributed by atoms with Crippen LogP contribution in [0.25, 0.3) is 0 Å². The number of aromatic nitrogens is 1. The Morgan fingerprint density at radius 3 is 2.55 bits per heavy atom. The first kappa shape index (κ1) is 16.1. The van der Waals surface area contributed by atoms with E-state index in [0.717, 1.165) is 5.56 Å². The van der Waals surface area contributed by atoms with Crippen LogP contribution in [0.4, 0.5) is 8.78 Å². The van der Waals surface area contributed by atoms with Crippen molar-refractivity contribution in [2.24, 2.45) is 0 Å². The number of benzene rings is 1. The highest BCUT2D eigenvalue weighted by atomic mass is 32.1. The third kappa shape index (κ3) is 4.11. The Bertz CT molecular complexity index is 701. The molecule has 0 aliphatic rings. The van der Waals surface area contributed by atoms with E-state index in [2.05, 4.69) is 15.0 Å². The van der Waals surface area contributed by atoms with Gasteiger partial charge in [0.25, 0.3) is 5.91 Å². The van der Waals surface area contributed by atoms with Gasteiger partial charge in [0.1, 0.15) is 10.4 Å². The van der Waals surface area contributed by atoms with E-state index in [1.54, 1.807) is 37.4 Å². The van der Waals surface area contributed by atoms with Crippen LogP contribution in [-0.4, -0.2) is 17.5 Å². The van der Waals surface area contributed by atoms with Gasteiger partial charge in [-0.15, -0.1) is 0 Å². The Balaban J connectivity index is 2.06. The summed E-state index contributed by atoms with van der Waals surface area (Å²) < 4.78 is 28.8. The minimum Gasteiger partial charge on any atom is -0.435 e. The zero-order valence-corrected chi connectivity index (χ0v) is 12.5. The van der Waals surface area contributed by atoms with E-state index in [9.17, 15) is 13.6 Å². The molecule has 1 aromatic carbocycles. The predicted octanol–water partition coefficient (Wildman–Crippen LogP) is 3.84. The summed E-state index contributed by atoms with van der Waals surface area (Å²) >= 11 is 5.05. The third-order valence-electron chi connectivity index (χ3n) is 3.02. The highest BCUT2D eigenvalue weighted by Gasteiger charge is 2.13. The Morgan fingerprint density at radius 1 is 1.27 bits per heavy atom. The van der Waals surface area contributed by atoms with Gasteiger partial charge in [0, 0.05) is 6.20 Å². The number of ether oxygens (including phenoxy) is 1. The largest absolute Gasteiger partial charge is 0.435 e. The first-order chi connectivity index (χ1) is 10.5. The van der Waals surface area contributed by atoms with Gasteiger partial charge < -0.3 is 15.0 Å². The Labute approximate surface area is 131 Å². The molecule has 0 saturated heterocycles. The van der Waals surface area contributed by atoms with Gasteiger partial charge in [0.05, 0.1) is 11.6 Å². The lowest BCUT2D eigenvalue weighted by Crippen LogP contribution is -2.27. The number of carbonyl (C=O) groups excluding carboxylic acids is 1. The van der Waals surface area contributed by atoms with Crippen LogP contribution in [0.3, 0.4) is 0 Å². The highest BCUT2D eigenvalue weighted by molar-refractivity contribution is 7.71. The zero-order valence-electron chi connectivity index (χ0n) is 11.7. The Kier molecular flexibility index (Phi) is 5.21. The fourth-order valence-corrected chi connectivity index (χ4v) is 2.12. The van der Waals surface area contributed by atoms with Gasteiger partial charge in [-0.05, 0) is 36.8 Å². The number of hydrogen-bond donors (Lipinski definition) is 2. The summed E-state index contributed by atoms with van der Waals surface area (Å²) in [5.41, 5.74) is 1.14. The lowest BCUT2D eigenvalue weighted by atomic mass is 10.1. The third-order valence-corrected chi connectivity index (χ3v) is 3.35. The summed E-state index contributed by atoms with van der Waals surface area (Å²) in [6, 6.07) is 9.11. The van der Waals surface area contributed by atoms with Crippen molar-refractivity contribution in [1.82, 2.24) is 10.3 Å². The average molecular weight is 324 g/mol. The molecule has 0 fully saturated rings. The number of halogens is 2. The van der Waals surface area contributed by atoms with Crippen molar-refractivity contribution in [2.45, 2.75) is 19.6 Å². The van der Waals surface area contributed by atoms with Crippen molar-refractivity contribution in [2.75, 3.05) is 0 Å². The summed E-state index contributed by atoms with van der Waals surface area (Å²) in [7, 11) is 0. The number of rotatable bonds is 5. The number of alkyl halides is 2. The highest BCUT2D eigenvalue weighted by Crippen LogP contribution is 2.19. The molecule has 22 heavy (non-hydrogen) atoms.